The molecular weight excluding hydrogens is 336 g/mol. The van der Waals surface area contributed by atoms with E-state index in [0.717, 1.165) is 19.1 Å². The first kappa shape index (κ1) is 17.7. The quantitative estimate of drug-likeness (QED) is 0.337. The Kier molecular flexibility index (Phi) is 5.66. The van der Waals surface area contributed by atoms with Crippen LogP contribution in [0.15, 0.2) is 61.4 Å². The Morgan fingerprint density at radius 2 is 1.62 bits per heavy atom. The lowest BCUT2D eigenvalue weighted by molar-refractivity contribution is -0.0390. The van der Waals surface area contributed by atoms with Gasteiger partial charge in [0.1, 0.15) is 11.5 Å². The van der Waals surface area contributed by atoms with Crippen molar-refractivity contribution in [1.29, 1.82) is 0 Å². The van der Waals surface area contributed by atoms with Crippen LogP contribution in [0.1, 0.15) is 28.8 Å². The highest BCUT2D eigenvalue weighted by Gasteiger charge is 2.17. The Morgan fingerprint density at radius 1 is 1.00 bits per heavy atom. The van der Waals surface area contributed by atoms with Gasteiger partial charge in [-0.1, -0.05) is 6.58 Å². The van der Waals surface area contributed by atoms with Crippen molar-refractivity contribution in [3.63, 3.8) is 0 Å². The summed E-state index contributed by atoms with van der Waals surface area (Å²) in [7, 11) is 0. The van der Waals surface area contributed by atoms with Gasteiger partial charge in [-0.05, 0) is 55.0 Å². The van der Waals surface area contributed by atoms with E-state index in [9.17, 15) is 9.59 Å². The van der Waals surface area contributed by atoms with Crippen LogP contribution in [0.5, 0.6) is 11.5 Å². The predicted molar refractivity (Wildman–Crippen MR) is 93.2 cm³/mol. The van der Waals surface area contributed by atoms with Gasteiger partial charge in [-0.2, -0.15) is 0 Å². The molecule has 0 spiro atoms. The Bertz CT molecular complexity index is 773. The second-order valence-electron chi connectivity index (χ2n) is 5.57. The van der Waals surface area contributed by atoms with Crippen molar-refractivity contribution in [2.75, 3.05) is 6.61 Å². The van der Waals surface area contributed by atoms with Crippen LogP contribution >= 0.6 is 0 Å². The topological polar surface area (TPSA) is 71.1 Å². The summed E-state index contributed by atoms with van der Waals surface area (Å²) in [4.78, 5) is 23.7. The molecule has 6 nitrogen and oxygen atoms in total. The number of ether oxygens (including phenoxy) is 4. The van der Waals surface area contributed by atoms with Crippen molar-refractivity contribution in [2.45, 2.75) is 19.1 Å². The molecule has 0 N–H and O–H groups in total. The van der Waals surface area contributed by atoms with Crippen LogP contribution in [0.25, 0.3) is 0 Å². The number of carbonyl (C=O) groups is 2. The van der Waals surface area contributed by atoms with E-state index < -0.39 is 6.16 Å². The average molecular weight is 354 g/mol. The van der Waals surface area contributed by atoms with Crippen molar-refractivity contribution < 1.29 is 28.5 Å². The summed E-state index contributed by atoms with van der Waals surface area (Å²) in [6.45, 7) is 3.98. The van der Waals surface area contributed by atoms with Gasteiger partial charge in [-0.3, -0.25) is 4.79 Å². The van der Waals surface area contributed by atoms with Crippen LogP contribution in [0.3, 0.4) is 0 Å². The third-order valence-corrected chi connectivity index (χ3v) is 3.77. The molecule has 1 fully saturated rings. The zero-order valence-corrected chi connectivity index (χ0v) is 14.1. The van der Waals surface area contributed by atoms with Gasteiger partial charge in [0.25, 0.3) is 0 Å². The fraction of sp³-hybridized carbons (Fsp3) is 0.200. The molecule has 6 heteroatoms. The molecular formula is C20H18O6. The van der Waals surface area contributed by atoms with E-state index in [4.69, 9.17) is 14.2 Å². The number of hydrogen-bond acceptors (Lipinski definition) is 6. The fourth-order valence-corrected chi connectivity index (χ4v) is 2.51. The van der Waals surface area contributed by atoms with Gasteiger partial charge in [0.05, 0.1) is 12.9 Å². The average Bonchev–Trinajstić information content (AvgIpc) is 3.16. The summed E-state index contributed by atoms with van der Waals surface area (Å²) in [6.07, 6.45) is 1.74. The first-order chi connectivity index (χ1) is 12.7. The molecule has 0 bridgehead atoms. The minimum atomic E-state index is -0.888. The van der Waals surface area contributed by atoms with Crippen molar-refractivity contribution >= 4 is 11.9 Å². The largest absolute Gasteiger partial charge is 0.518 e. The van der Waals surface area contributed by atoms with Gasteiger partial charge < -0.3 is 18.9 Å². The molecule has 1 unspecified atom stereocenters. The van der Waals surface area contributed by atoms with E-state index in [-0.39, 0.29) is 17.8 Å². The molecule has 2 aromatic rings. The van der Waals surface area contributed by atoms with Gasteiger partial charge in [0.15, 0.2) is 12.1 Å². The number of benzene rings is 2. The smallest absolute Gasteiger partial charge is 0.465 e. The van der Waals surface area contributed by atoms with Gasteiger partial charge in [0, 0.05) is 17.5 Å². The molecule has 134 valence electrons. The van der Waals surface area contributed by atoms with E-state index in [2.05, 4.69) is 11.3 Å². The number of rotatable bonds is 6. The maximum atomic E-state index is 12.5. The second kappa shape index (κ2) is 8.31. The van der Waals surface area contributed by atoms with Crippen LogP contribution in [0.4, 0.5) is 4.79 Å². The molecule has 1 atom stereocenters. The van der Waals surface area contributed by atoms with E-state index >= 15 is 0 Å². The summed E-state index contributed by atoms with van der Waals surface area (Å²) < 4.78 is 20.5. The highest BCUT2D eigenvalue weighted by molar-refractivity contribution is 6.09. The maximum absolute atomic E-state index is 12.5. The lowest BCUT2D eigenvalue weighted by atomic mass is 10.0. The van der Waals surface area contributed by atoms with E-state index in [1.165, 1.54) is 12.1 Å². The zero-order valence-electron chi connectivity index (χ0n) is 14.1. The van der Waals surface area contributed by atoms with E-state index in [0.29, 0.717) is 23.5 Å². The molecule has 0 saturated carbocycles. The predicted octanol–water partition coefficient (Wildman–Crippen LogP) is 4.09. The third-order valence-electron chi connectivity index (χ3n) is 3.77. The minimum absolute atomic E-state index is 0.145. The fourth-order valence-electron chi connectivity index (χ4n) is 2.51. The lowest BCUT2D eigenvalue weighted by Crippen LogP contribution is -2.13. The van der Waals surface area contributed by atoms with Crippen LogP contribution in [-0.2, 0) is 9.47 Å². The SMILES string of the molecule is C=COC(=O)Oc1ccc(C(=O)c2ccc(OC3CCCO3)cc2)cc1. The van der Waals surface area contributed by atoms with Crippen LogP contribution in [0, 0.1) is 0 Å². The first-order valence-electron chi connectivity index (χ1n) is 8.18. The van der Waals surface area contributed by atoms with Gasteiger partial charge in [0.2, 0.25) is 0 Å². The van der Waals surface area contributed by atoms with E-state index in [1.807, 2.05) is 0 Å². The van der Waals surface area contributed by atoms with Crippen molar-refractivity contribution in [3.8, 4) is 11.5 Å². The Hall–Kier alpha value is -3.12. The maximum Gasteiger partial charge on any atom is 0.518 e. The number of carbonyl (C=O) groups excluding carboxylic acids is 2. The molecule has 0 aromatic heterocycles. The Morgan fingerprint density at radius 3 is 2.15 bits per heavy atom. The summed E-state index contributed by atoms with van der Waals surface area (Å²) in [5.74, 6) is 0.792. The molecule has 2 aromatic carbocycles. The lowest BCUT2D eigenvalue weighted by Gasteiger charge is -2.12. The number of ketones is 1. The second-order valence-corrected chi connectivity index (χ2v) is 5.57. The van der Waals surface area contributed by atoms with Crippen molar-refractivity contribution in [3.05, 3.63) is 72.5 Å². The van der Waals surface area contributed by atoms with Crippen molar-refractivity contribution in [2.24, 2.45) is 0 Å². The minimum Gasteiger partial charge on any atom is -0.465 e. The van der Waals surface area contributed by atoms with Crippen molar-refractivity contribution in [1.82, 2.24) is 0 Å². The molecule has 3 rings (SSSR count). The number of hydrogen-bond donors (Lipinski definition) is 0. The first-order valence-corrected chi connectivity index (χ1v) is 8.18. The summed E-state index contributed by atoms with van der Waals surface area (Å²) in [5, 5.41) is 0. The normalized spacial score (nSPS) is 15.9. The van der Waals surface area contributed by atoms with Crippen LogP contribution in [-0.4, -0.2) is 24.8 Å². The summed E-state index contributed by atoms with van der Waals surface area (Å²) in [6, 6.07) is 13.1. The van der Waals surface area contributed by atoms with Crippen LogP contribution < -0.4 is 9.47 Å². The zero-order chi connectivity index (χ0) is 18.4. The highest BCUT2D eigenvalue weighted by Crippen LogP contribution is 2.21. The Balaban J connectivity index is 1.62. The molecule has 1 heterocycles. The van der Waals surface area contributed by atoms with Gasteiger partial charge >= 0.3 is 6.16 Å². The molecule has 26 heavy (non-hydrogen) atoms. The molecule has 1 aliphatic rings. The molecule has 1 aliphatic heterocycles. The Labute approximate surface area is 150 Å². The highest BCUT2D eigenvalue weighted by atomic mass is 16.7. The van der Waals surface area contributed by atoms with Crippen LogP contribution in [0.2, 0.25) is 0 Å². The van der Waals surface area contributed by atoms with Gasteiger partial charge in [-0.15, -0.1) is 0 Å². The van der Waals surface area contributed by atoms with E-state index in [1.54, 1.807) is 36.4 Å². The summed E-state index contributed by atoms with van der Waals surface area (Å²) >= 11 is 0. The standard InChI is InChI=1S/C20H18O6/c1-2-23-20(22)26-17-11-7-15(8-12-17)19(21)14-5-9-16(10-6-14)25-18-4-3-13-24-18/h2,5-12,18H,1,3-4,13H2. The molecule has 1 saturated heterocycles. The molecule has 0 amide bonds. The van der Waals surface area contributed by atoms with Gasteiger partial charge in [-0.25, -0.2) is 4.79 Å². The molecule has 0 aliphatic carbocycles. The molecule has 0 radical (unpaired) electrons. The monoisotopic (exact) mass is 354 g/mol. The third kappa shape index (κ3) is 4.49. The summed E-state index contributed by atoms with van der Waals surface area (Å²) in [5.41, 5.74) is 1.01.